The van der Waals surface area contributed by atoms with Crippen LogP contribution >= 0.6 is 0 Å². The molecular weight excluding hydrogens is 122 g/mol. The Hall–Kier alpha value is -0.0400. The van der Waals surface area contributed by atoms with Crippen LogP contribution in [-0.2, 0) is 0 Å². The number of nitrogens with one attached hydrogen (secondary N) is 1. The Morgan fingerprint density at radius 2 is 1.80 bits per heavy atom. The van der Waals surface area contributed by atoms with Gasteiger partial charge in [-0.2, -0.15) is 0 Å². The van der Waals surface area contributed by atoms with E-state index in [9.17, 15) is 0 Å². The summed E-state index contributed by atoms with van der Waals surface area (Å²) in [7, 11) is 0. The number of rotatable bonds is 0. The highest BCUT2D eigenvalue weighted by Crippen LogP contribution is 2.53. The van der Waals surface area contributed by atoms with E-state index in [1.807, 2.05) is 13.8 Å². The van der Waals surface area contributed by atoms with Crippen molar-refractivity contribution in [1.82, 2.24) is 5.32 Å². The molecule has 1 aliphatic heterocycles. The Morgan fingerprint density at radius 1 is 1.20 bits per heavy atom. The third-order valence-electron chi connectivity index (χ3n) is 2.88. The average molecular weight is 141 g/mol. The fraction of sp³-hybridized carbons (Fsp3) is 1.00. The molecule has 1 spiro atoms. The lowest BCUT2D eigenvalue weighted by Gasteiger charge is -2.10. The highest BCUT2D eigenvalue weighted by Gasteiger charge is 2.49. The summed E-state index contributed by atoms with van der Waals surface area (Å²) in [6, 6.07) is 0.822. The largest absolute Gasteiger partial charge is 0.314 e. The minimum Gasteiger partial charge on any atom is -0.314 e. The molecule has 1 nitrogen and oxygen atoms in total. The van der Waals surface area contributed by atoms with Crippen LogP contribution in [0.2, 0.25) is 0 Å². The lowest BCUT2D eigenvalue weighted by atomic mass is 9.99. The van der Waals surface area contributed by atoms with E-state index in [1.54, 1.807) is 0 Å². The van der Waals surface area contributed by atoms with Gasteiger partial charge in [-0.1, -0.05) is 13.8 Å². The van der Waals surface area contributed by atoms with Gasteiger partial charge in [0, 0.05) is 6.04 Å². The van der Waals surface area contributed by atoms with Gasteiger partial charge in [-0.05, 0) is 38.1 Å². The first-order chi connectivity index (χ1) is 4.83. The Bertz CT molecular complexity index is 105. The smallest absolute Gasteiger partial charge is 0.00956 e. The summed E-state index contributed by atoms with van der Waals surface area (Å²) in [5, 5.41) is 3.47. The van der Waals surface area contributed by atoms with Gasteiger partial charge >= 0.3 is 0 Å². The van der Waals surface area contributed by atoms with Crippen LogP contribution in [0.4, 0.5) is 0 Å². The minimum atomic E-state index is 0.792. The minimum absolute atomic E-state index is 0.792. The van der Waals surface area contributed by atoms with Gasteiger partial charge in [-0.3, -0.25) is 0 Å². The van der Waals surface area contributed by atoms with E-state index < -0.39 is 0 Å². The van der Waals surface area contributed by atoms with E-state index in [0.29, 0.717) is 0 Å². The molecule has 1 saturated carbocycles. The van der Waals surface area contributed by atoms with Gasteiger partial charge in [-0.15, -0.1) is 0 Å². The molecule has 2 rings (SSSR count). The standard InChI is InChI=1S/C7H13N.C2H6/c1-6-7(2-3-7)4-5-8-6;1-2/h6,8H,2-5H2,1H3;1-2H3. The Balaban J connectivity index is 0.000000231. The molecule has 0 aromatic rings. The zero-order valence-electron chi connectivity index (χ0n) is 7.41. The second-order valence-electron chi connectivity index (χ2n) is 3.29. The topological polar surface area (TPSA) is 12.0 Å². The molecule has 1 saturated heterocycles. The molecule has 0 radical (unpaired) electrons. The lowest BCUT2D eigenvalue weighted by molar-refractivity contribution is 0.458. The molecule has 0 aromatic heterocycles. The van der Waals surface area contributed by atoms with Crippen LogP contribution in [0.25, 0.3) is 0 Å². The molecule has 1 heterocycles. The summed E-state index contributed by atoms with van der Waals surface area (Å²) in [4.78, 5) is 0. The molecule has 1 aliphatic carbocycles. The summed E-state index contributed by atoms with van der Waals surface area (Å²) in [5.74, 6) is 0. The predicted octanol–water partition coefficient (Wildman–Crippen LogP) is 2.17. The monoisotopic (exact) mass is 141 g/mol. The van der Waals surface area contributed by atoms with E-state index in [0.717, 1.165) is 11.5 Å². The fourth-order valence-electron chi connectivity index (χ4n) is 1.81. The second-order valence-corrected chi connectivity index (χ2v) is 3.29. The zero-order chi connectivity index (χ0) is 7.61. The summed E-state index contributed by atoms with van der Waals surface area (Å²) in [6.07, 6.45) is 4.41. The third-order valence-corrected chi connectivity index (χ3v) is 2.88. The van der Waals surface area contributed by atoms with Crippen molar-refractivity contribution in [1.29, 1.82) is 0 Å². The maximum Gasteiger partial charge on any atom is 0.00956 e. The molecule has 2 fully saturated rings. The van der Waals surface area contributed by atoms with Crippen molar-refractivity contribution < 1.29 is 0 Å². The van der Waals surface area contributed by atoms with E-state index in [4.69, 9.17) is 0 Å². The van der Waals surface area contributed by atoms with Crippen molar-refractivity contribution in [3.63, 3.8) is 0 Å². The van der Waals surface area contributed by atoms with E-state index in [2.05, 4.69) is 12.2 Å². The molecule has 1 heteroatoms. The first-order valence-electron chi connectivity index (χ1n) is 4.57. The molecular formula is C9H19N. The maximum atomic E-state index is 3.47. The molecule has 2 aliphatic rings. The van der Waals surface area contributed by atoms with Crippen molar-refractivity contribution in [2.24, 2.45) is 5.41 Å². The molecule has 0 amide bonds. The van der Waals surface area contributed by atoms with Gasteiger partial charge in [0.05, 0.1) is 0 Å². The van der Waals surface area contributed by atoms with Gasteiger partial charge in [0.15, 0.2) is 0 Å². The predicted molar refractivity (Wildman–Crippen MR) is 45.1 cm³/mol. The first kappa shape index (κ1) is 8.06. The van der Waals surface area contributed by atoms with Gasteiger partial charge in [-0.25, -0.2) is 0 Å². The Morgan fingerprint density at radius 3 is 2.00 bits per heavy atom. The van der Waals surface area contributed by atoms with E-state index >= 15 is 0 Å². The van der Waals surface area contributed by atoms with Crippen LogP contribution in [0, 0.1) is 5.41 Å². The van der Waals surface area contributed by atoms with Crippen molar-refractivity contribution in [3.8, 4) is 0 Å². The highest BCUT2D eigenvalue weighted by atomic mass is 15.0. The number of hydrogen-bond acceptors (Lipinski definition) is 1. The van der Waals surface area contributed by atoms with Crippen LogP contribution in [0.5, 0.6) is 0 Å². The van der Waals surface area contributed by atoms with E-state index in [1.165, 1.54) is 25.8 Å². The second kappa shape index (κ2) is 2.91. The fourth-order valence-corrected chi connectivity index (χ4v) is 1.81. The van der Waals surface area contributed by atoms with Crippen molar-refractivity contribution in [3.05, 3.63) is 0 Å². The van der Waals surface area contributed by atoms with Crippen LogP contribution in [0.1, 0.15) is 40.0 Å². The van der Waals surface area contributed by atoms with Crippen molar-refractivity contribution in [2.75, 3.05) is 6.54 Å². The Kier molecular flexibility index (Phi) is 2.35. The summed E-state index contributed by atoms with van der Waals surface area (Å²) in [5.41, 5.74) is 0.792. The quantitative estimate of drug-likeness (QED) is 0.545. The van der Waals surface area contributed by atoms with Gasteiger partial charge < -0.3 is 5.32 Å². The molecule has 1 unspecified atom stereocenters. The molecule has 1 N–H and O–H groups in total. The highest BCUT2D eigenvalue weighted by molar-refractivity contribution is 5.04. The normalized spacial score (nSPS) is 33.3. The molecule has 0 aromatic carbocycles. The summed E-state index contributed by atoms with van der Waals surface area (Å²) >= 11 is 0. The Labute approximate surface area is 64.2 Å². The van der Waals surface area contributed by atoms with Crippen molar-refractivity contribution in [2.45, 2.75) is 46.1 Å². The van der Waals surface area contributed by atoms with Crippen LogP contribution < -0.4 is 5.32 Å². The van der Waals surface area contributed by atoms with Crippen LogP contribution in [0.3, 0.4) is 0 Å². The number of hydrogen-bond donors (Lipinski definition) is 1. The van der Waals surface area contributed by atoms with Crippen molar-refractivity contribution >= 4 is 0 Å². The van der Waals surface area contributed by atoms with Gasteiger partial charge in [0.25, 0.3) is 0 Å². The van der Waals surface area contributed by atoms with Crippen LogP contribution in [0.15, 0.2) is 0 Å². The molecule has 1 atom stereocenters. The van der Waals surface area contributed by atoms with E-state index in [-0.39, 0.29) is 0 Å². The summed E-state index contributed by atoms with van der Waals surface area (Å²) < 4.78 is 0. The molecule has 0 bridgehead atoms. The first-order valence-corrected chi connectivity index (χ1v) is 4.57. The zero-order valence-corrected chi connectivity index (χ0v) is 7.41. The van der Waals surface area contributed by atoms with Gasteiger partial charge in [0.1, 0.15) is 0 Å². The lowest BCUT2D eigenvalue weighted by Crippen LogP contribution is -2.23. The summed E-state index contributed by atoms with van der Waals surface area (Å²) in [6.45, 7) is 7.58. The van der Waals surface area contributed by atoms with Crippen LogP contribution in [-0.4, -0.2) is 12.6 Å². The van der Waals surface area contributed by atoms with Gasteiger partial charge in [0.2, 0.25) is 0 Å². The average Bonchev–Trinajstić information content (AvgIpc) is 2.65. The maximum absolute atomic E-state index is 3.47. The molecule has 10 heavy (non-hydrogen) atoms. The third kappa shape index (κ3) is 1.20. The molecule has 60 valence electrons. The SMILES string of the molecule is CC.CC1NCCC12CC2.